The maximum Gasteiger partial charge on any atom is 0.408 e. The van der Waals surface area contributed by atoms with Gasteiger partial charge in [0, 0.05) is 6.61 Å². The molecule has 0 saturated carbocycles. The second-order valence-electron chi connectivity index (χ2n) is 6.03. The zero-order valence-corrected chi connectivity index (χ0v) is 14.5. The summed E-state index contributed by atoms with van der Waals surface area (Å²) >= 11 is 0. The molecule has 0 saturated heterocycles. The van der Waals surface area contributed by atoms with Crippen LogP contribution in [-0.4, -0.2) is 42.6 Å². The number of nitrogens with one attached hydrogen (secondary N) is 1. The average molecular weight is 339 g/mol. The lowest BCUT2D eigenvalue weighted by atomic mass is 10.1. The first-order valence-corrected chi connectivity index (χ1v) is 7.75. The van der Waals surface area contributed by atoms with Crippen molar-refractivity contribution in [1.82, 2.24) is 5.32 Å². The van der Waals surface area contributed by atoms with Gasteiger partial charge in [0.2, 0.25) is 0 Å². The van der Waals surface area contributed by atoms with Crippen molar-refractivity contribution in [3.8, 4) is 5.75 Å². The van der Waals surface area contributed by atoms with Gasteiger partial charge in [-0.25, -0.2) is 9.59 Å². The highest BCUT2D eigenvalue weighted by Gasteiger charge is 2.25. The van der Waals surface area contributed by atoms with Crippen LogP contribution < -0.4 is 10.1 Å². The van der Waals surface area contributed by atoms with E-state index in [1.807, 2.05) is 6.92 Å². The Labute approximate surface area is 141 Å². The summed E-state index contributed by atoms with van der Waals surface area (Å²) in [5, 5.41) is 11.7. The van der Waals surface area contributed by atoms with E-state index in [1.54, 1.807) is 45.0 Å². The number of alkyl carbamates (subject to hydrolysis) is 1. The van der Waals surface area contributed by atoms with Crippen LogP contribution in [0.4, 0.5) is 4.79 Å². The van der Waals surface area contributed by atoms with Crippen LogP contribution in [0.2, 0.25) is 0 Å². The number of carbonyl (C=O) groups excluding carboxylic acids is 1. The van der Waals surface area contributed by atoms with E-state index in [0.29, 0.717) is 31.1 Å². The van der Waals surface area contributed by atoms with Crippen LogP contribution in [0.3, 0.4) is 0 Å². The molecule has 0 heterocycles. The Balaban J connectivity index is 2.68. The largest absolute Gasteiger partial charge is 0.491 e. The van der Waals surface area contributed by atoms with Gasteiger partial charge >= 0.3 is 12.1 Å². The highest BCUT2D eigenvalue weighted by atomic mass is 16.6. The van der Waals surface area contributed by atoms with Crippen molar-refractivity contribution in [3.05, 3.63) is 29.8 Å². The molecule has 0 aliphatic heterocycles. The molecule has 1 amide bonds. The lowest BCUT2D eigenvalue weighted by molar-refractivity contribution is -0.139. The Morgan fingerprint density at radius 1 is 1.17 bits per heavy atom. The summed E-state index contributed by atoms with van der Waals surface area (Å²) < 4.78 is 15.7. The molecular weight excluding hydrogens is 314 g/mol. The molecule has 0 radical (unpaired) electrons. The Kier molecular flexibility index (Phi) is 7.51. The minimum Gasteiger partial charge on any atom is -0.491 e. The normalized spacial score (nSPS) is 12.3. The molecule has 7 nitrogen and oxygen atoms in total. The first kappa shape index (κ1) is 19.8. The van der Waals surface area contributed by atoms with Gasteiger partial charge in [0.15, 0.2) is 6.04 Å². The Hall–Kier alpha value is -2.28. The van der Waals surface area contributed by atoms with Crippen LogP contribution >= 0.6 is 0 Å². The fraction of sp³-hybridized carbons (Fsp3) is 0.529. The molecule has 1 aromatic rings. The molecule has 134 valence electrons. The quantitative estimate of drug-likeness (QED) is 0.707. The number of aliphatic carboxylic acids is 1. The Bertz CT molecular complexity index is 535. The van der Waals surface area contributed by atoms with E-state index in [4.69, 9.17) is 14.2 Å². The van der Waals surface area contributed by atoms with Gasteiger partial charge in [-0.15, -0.1) is 0 Å². The first-order chi connectivity index (χ1) is 11.2. The summed E-state index contributed by atoms with van der Waals surface area (Å²) in [7, 11) is 0. The lowest BCUT2D eigenvalue weighted by Gasteiger charge is -2.22. The van der Waals surface area contributed by atoms with Gasteiger partial charge in [0.1, 0.15) is 18.0 Å². The Morgan fingerprint density at radius 2 is 1.79 bits per heavy atom. The third-order valence-electron chi connectivity index (χ3n) is 2.82. The molecule has 1 atom stereocenters. The zero-order valence-electron chi connectivity index (χ0n) is 14.5. The molecular formula is C17H25NO6. The van der Waals surface area contributed by atoms with Crippen LogP contribution in [0.15, 0.2) is 24.3 Å². The molecule has 1 rings (SSSR count). The van der Waals surface area contributed by atoms with Crippen LogP contribution in [0.5, 0.6) is 5.75 Å². The van der Waals surface area contributed by atoms with Gasteiger partial charge in [-0.1, -0.05) is 12.1 Å². The minimum atomic E-state index is -1.20. The molecule has 0 spiro atoms. The van der Waals surface area contributed by atoms with E-state index in [9.17, 15) is 14.7 Å². The van der Waals surface area contributed by atoms with Crippen LogP contribution in [0.25, 0.3) is 0 Å². The van der Waals surface area contributed by atoms with E-state index in [1.165, 1.54) is 0 Å². The van der Waals surface area contributed by atoms with Crippen molar-refractivity contribution in [1.29, 1.82) is 0 Å². The third kappa shape index (κ3) is 7.32. The number of benzene rings is 1. The molecule has 0 aliphatic carbocycles. The third-order valence-corrected chi connectivity index (χ3v) is 2.82. The van der Waals surface area contributed by atoms with Crippen LogP contribution in [0.1, 0.15) is 39.3 Å². The number of hydrogen-bond acceptors (Lipinski definition) is 5. The summed E-state index contributed by atoms with van der Waals surface area (Å²) in [4.78, 5) is 23.2. The van der Waals surface area contributed by atoms with Gasteiger partial charge in [0.25, 0.3) is 0 Å². The second kappa shape index (κ2) is 9.12. The predicted octanol–water partition coefficient (Wildman–Crippen LogP) is 2.75. The van der Waals surface area contributed by atoms with Crippen molar-refractivity contribution < 1.29 is 28.9 Å². The van der Waals surface area contributed by atoms with Crippen molar-refractivity contribution in [3.63, 3.8) is 0 Å². The second-order valence-corrected chi connectivity index (χ2v) is 6.03. The molecule has 2 N–H and O–H groups in total. The Morgan fingerprint density at radius 3 is 2.29 bits per heavy atom. The minimum absolute atomic E-state index is 0.408. The van der Waals surface area contributed by atoms with Gasteiger partial charge < -0.3 is 24.6 Å². The number of carbonyl (C=O) groups is 2. The van der Waals surface area contributed by atoms with Gasteiger partial charge in [-0.3, -0.25) is 0 Å². The molecule has 0 fully saturated rings. The fourth-order valence-corrected chi connectivity index (χ4v) is 1.83. The number of rotatable bonds is 8. The summed E-state index contributed by atoms with van der Waals surface area (Å²) in [5.41, 5.74) is -0.281. The fourth-order valence-electron chi connectivity index (χ4n) is 1.83. The SMILES string of the molecule is CCOCCOc1ccc(C(NC(=O)OC(C)(C)C)C(=O)O)cc1. The van der Waals surface area contributed by atoms with Crippen LogP contribution in [-0.2, 0) is 14.3 Å². The van der Waals surface area contributed by atoms with E-state index >= 15 is 0 Å². The topological polar surface area (TPSA) is 94.1 Å². The van der Waals surface area contributed by atoms with Gasteiger partial charge in [-0.05, 0) is 45.4 Å². The summed E-state index contributed by atoms with van der Waals surface area (Å²) in [6.07, 6.45) is -0.785. The summed E-state index contributed by atoms with van der Waals surface area (Å²) in [5.74, 6) is -0.578. The highest BCUT2D eigenvalue weighted by molar-refractivity contribution is 5.81. The predicted molar refractivity (Wildman–Crippen MR) is 88.2 cm³/mol. The van der Waals surface area contributed by atoms with Gasteiger partial charge in [0.05, 0.1) is 6.61 Å². The zero-order chi connectivity index (χ0) is 18.2. The van der Waals surface area contributed by atoms with Crippen molar-refractivity contribution in [2.75, 3.05) is 19.8 Å². The number of ether oxygens (including phenoxy) is 3. The maximum atomic E-state index is 11.8. The average Bonchev–Trinajstić information content (AvgIpc) is 2.48. The monoisotopic (exact) mass is 339 g/mol. The van der Waals surface area contributed by atoms with Crippen LogP contribution in [0, 0.1) is 0 Å². The number of hydrogen-bond donors (Lipinski definition) is 2. The lowest BCUT2D eigenvalue weighted by Crippen LogP contribution is -2.38. The van der Waals surface area contributed by atoms with Crippen molar-refractivity contribution >= 4 is 12.1 Å². The van der Waals surface area contributed by atoms with Gasteiger partial charge in [-0.2, -0.15) is 0 Å². The molecule has 7 heteroatoms. The van der Waals surface area contributed by atoms with E-state index in [0.717, 1.165) is 0 Å². The highest BCUT2D eigenvalue weighted by Crippen LogP contribution is 2.19. The first-order valence-electron chi connectivity index (χ1n) is 7.75. The standard InChI is InChI=1S/C17H25NO6/c1-5-22-10-11-23-13-8-6-12(7-9-13)14(15(19)20)18-16(21)24-17(2,3)4/h6-9,14H,5,10-11H2,1-4H3,(H,18,21)(H,19,20). The smallest absolute Gasteiger partial charge is 0.408 e. The van der Waals surface area contributed by atoms with Crippen molar-refractivity contribution in [2.45, 2.75) is 39.3 Å². The molecule has 0 bridgehead atoms. The van der Waals surface area contributed by atoms with E-state index in [-0.39, 0.29) is 0 Å². The molecule has 0 aromatic heterocycles. The number of amides is 1. The number of carboxylic acids is 1. The molecule has 1 aromatic carbocycles. The summed E-state index contributed by atoms with van der Waals surface area (Å²) in [6.45, 7) is 8.53. The van der Waals surface area contributed by atoms with E-state index < -0.39 is 23.7 Å². The molecule has 0 aliphatic rings. The molecule has 1 unspecified atom stereocenters. The van der Waals surface area contributed by atoms with E-state index in [2.05, 4.69) is 5.32 Å². The van der Waals surface area contributed by atoms with Crippen molar-refractivity contribution in [2.24, 2.45) is 0 Å². The summed E-state index contributed by atoms with van der Waals surface area (Å²) in [6, 6.07) is 5.28. The number of carboxylic acid groups (broad SMARTS) is 1. The maximum absolute atomic E-state index is 11.8. The molecule has 24 heavy (non-hydrogen) atoms.